The number of aryl methyl sites for hydroxylation is 2. The highest BCUT2D eigenvalue weighted by molar-refractivity contribution is 5.47. The quantitative estimate of drug-likeness (QED) is 0.787. The van der Waals surface area contributed by atoms with Crippen molar-refractivity contribution in [2.24, 2.45) is 7.05 Å². The average Bonchev–Trinajstić information content (AvgIpc) is 2.72. The van der Waals surface area contributed by atoms with Gasteiger partial charge in [0.1, 0.15) is 5.82 Å². The first kappa shape index (κ1) is 11.7. The molecule has 90 valence electrons. The second kappa shape index (κ2) is 5.01. The van der Waals surface area contributed by atoms with E-state index in [0.29, 0.717) is 12.1 Å². The Labute approximate surface area is 101 Å². The Morgan fingerprint density at radius 3 is 2.82 bits per heavy atom. The Hall–Kier alpha value is -1.81. The summed E-state index contributed by atoms with van der Waals surface area (Å²) in [6.07, 6.45) is 4.49. The molecule has 0 spiro atoms. The number of hydrogen-bond donors (Lipinski definition) is 2. The van der Waals surface area contributed by atoms with E-state index in [4.69, 9.17) is 5.73 Å². The lowest BCUT2D eigenvalue weighted by atomic mass is 10.0. The number of benzene rings is 1. The zero-order valence-corrected chi connectivity index (χ0v) is 9.87. The third-order valence-electron chi connectivity index (χ3n) is 2.92. The van der Waals surface area contributed by atoms with Gasteiger partial charge in [-0.1, -0.05) is 18.2 Å². The monoisotopic (exact) mass is 231 g/mol. The van der Waals surface area contributed by atoms with E-state index in [1.165, 1.54) is 0 Å². The maximum absolute atomic E-state index is 10.1. The molecule has 0 aliphatic rings. The molecular formula is C13H17N3O. The van der Waals surface area contributed by atoms with E-state index < -0.39 is 6.10 Å². The molecule has 4 nitrogen and oxygen atoms in total. The summed E-state index contributed by atoms with van der Waals surface area (Å²) in [5, 5.41) is 10.1. The maximum Gasteiger partial charge on any atom is 0.108 e. The van der Waals surface area contributed by atoms with Crippen LogP contribution >= 0.6 is 0 Å². The molecule has 3 N–H and O–H groups in total. The summed E-state index contributed by atoms with van der Waals surface area (Å²) >= 11 is 0. The van der Waals surface area contributed by atoms with Crippen LogP contribution in [0, 0.1) is 0 Å². The number of aliphatic hydroxyl groups is 1. The van der Waals surface area contributed by atoms with Gasteiger partial charge in [0, 0.05) is 37.1 Å². The minimum absolute atomic E-state index is 0.534. The Morgan fingerprint density at radius 2 is 2.18 bits per heavy atom. The summed E-state index contributed by atoms with van der Waals surface area (Å²) in [5.74, 6) is 0.971. The number of nitrogen functional groups attached to an aromatic ring is 1. The molecule has 1 aromatic heterocycles. The smallest absolute Gasteiger partial charge is 0.108 e. The molecule has 0 saturated carbocycles. The molecule has 1 unspecified atom stereocenters. The lowest BCUT2D eigenvalue weighted by molar-refractivity contribution is 0.167. The summed E-state index contributed by atoms with van der Waals surface area (Å²) in [5.41, 5.74) is 7.25. The van der Waals surface area contributed by atoms with E-state index in [1.807, 2.05) is 36.0 Å². The average molecular weight is 231 g/mol. The van der Waals surface area contributed by atoms with E-state index in [9.17, 15) is 5.11 Å². The first-order chi connectivity index (χ1) is 8.18. The van der Waals surface area contributed by atoms with Crippen molar-refractivity contribution < 1.29 is 5.11 Å². The van der Waals surface area contributed by atoms with Gasteiger partial charge in [0.15, 0.2) is 0 Å². The molecule has 4 heteroatoms. The molecular weight excluding hydrogens is 214 g/mol. The molecule has 2 aromatic rings. The lowest BCUT2D eigenvalue weighted by Crippen LogP contribution is -2.05. The third kappa shape index (κ3) is 2.65. The minimum Gasteiger partial charge on any atom is -0.398 e. The van der Waals surface area contributed by atoms with Gasteiger partial charge >= 0.3 is 0 Å². The molecule has 2 rings (SSSR count). The normalized spacial score (nSPS) is 12.6. The zero-order valence-electron chi connectivity index (χ0n) is 9.87. The second-order valence-corrected chi connectivity index (χ2v) is 4.14. The minimum atomic E-state index is -0.534. The van der Waals surface area contributed by atoms with Crippen LogP contribution in [0.5, 0.6) is 0 Å². The molecule has 17 heavy (non-hydrogen) atoms. The van der Waals surface area contributed by atoms with Crippen molar-refractivity contribution in [2.75, 3.05) is 5.73 Å². The SMILES string of the molecule is Cn1ccnc1CCC(O)c1ccccc1N. The van der Waals surface area contributed by atoms with Crippen molar-refractivity contribution in [3.63, 3.8) is 0 Å². The summed E-state index contributed by atoms with van der Waals surface area (Å²) in [7, 11) is 1.95. The number of nitrogens with zero attached hydrogens (tertiary/aromatic N) is 2. The van der Waals surface area contributed by atoms with Crippen LogP contribution in [0.15, 0.2) is 36.7 Å². The van der Waals surface area contributed by atoms with Crippen LogP contribution in [0.25, 0.3) is 0 Å². The Bertz CT molecular complexity index is 493. The van der Waals surface area contributed by atoms with Crippen molar-refractivity contribution in [3.8, 4) is 0 Å². The van der Waals surface area contributed by atoms with Gasteiger partial charge in [-0.2, -0.15) is 0 Å². The largest absolute Gasteiger partial charge is 0.398 e. The highest BCUT2D eigenvalue weighted by Crippen LogP contribution is 2.23. The first-order valence-electron chi connectivity index (χ1n) is 5.67. The van der Waals surface area contributed by atoms with Crippen LogP contribution in [0.2, 0.25) is 0 Å². The van der Waals surface area contributed by atoms with Gasteiger partial charge in [0.25, 0.3) is 0 Å². The van der Waals surface area contributed by atoms with E-state index in [1.54, 1.807) is 12.3 Å². The molecule has 0 fully saturated rings. The molecule has 0 saturated heterocycles. The van der Waals surface area contributed by atoms with Crippen LogP contribution in [0.4, 0.5) is 5.69 Å². The van der Waals surface area contributed by atoms with Gasteiger partial charge in [-0.3, -0.25) is 0 Å². The van der Waals surface area contributed by atoms with Crippen molar-refractivity contribution in [3.05, 3.63) is 48.0 Å². The number of anilines is 1. The number of rotatable bonds is 4. The lowest BCUT2D eigenvalue weighted by Gasteiger charge is -2.13. The molecule has 0 amide bonds. The second-order valence-electron chi connectivity index (χ2n) is 4.14. The maximum atomic E-state index is 10.1. The molecule has 0 aliphatic heterocycles. The summed E-state index contributed by atoms with van der Waals surface area (Å²) in [4.78, 5) is 4.22. The Balaban J connectivity index is 2.01. The topological polar surface area (TPSA) is 64.1 Å². The predicted molar refractivity (Wildman–Crippen MR) is 67.3 cm³/mol. The molecule has 0 aliphatic carbocycles. The highest BCUT2D eigenvalue weighted by atomic mass is 16.3. The number of para-hydroxylation sites is 1. The highest BCUT2D eigenvalue weighted by Gasteiger charge is 2.11. The fourth-order valence-electron chi connectivity index (χ4n) is 1.87. The number of aliphatic hydroxyl groups excluding tert-OH is 1. The van der Waals surface area contributed by atoms with E-state index in [-0.39, 0.29) is 0 Å². The number of aromatic nitrogens is 2. The van der Waals surface area contributed by atoms with Gasteiger partial charge in [-0.05, 0) is 12.5 Å². The van der Waals surface area contributed by atoms with Crippen molar-refractivity contribution in [1.29, 1.82) is 0 Å². The van der Waals surface area contributed by atoms with Gasteiger partial charge in [0.2, 0.25) is 0 Å². The third-order valence-corrected chi connectivity index (χ3v) is 2.92. The summed E-state index contributed by atoms with van der Waals surface area (Å²) < 4.78 is 1.96. The molecule has 0 radical (unpaired) electrons. The fraction of sp³-hybridized carbons (Fsp3) is 0.308. The predicted octanol–water partition coefficient (Wildman–Crippen LogP) is 1.67. The first-order valence-corrected chi connectivity index (χ1v) is 5.67. The molecule has 1 atom stereocenters. The Morgan fingerprint density at radius 1 is 1.41 bits per heavy atom. The van der Waals surface area contributed by atoms with Gasteiger partial charge in [0.05, 0.1) is 6.10 Å². The van der Waals surface area contributed by atoms with Crippen LogP contribution in [0.1, 0.15) is 23.9 Å². The molecule has 1 heterocycles. The van der Waals surface area contributed by atoms with Crippen LogP contribution in [0.3, 0.4) is 0 Å². The van der Waals surface area contributed by atoms with Crippen molar-refractivity contribution in [1.82, 2.24) is 9.55 Å². The summed E-state index contributed by atoms with van der Waals surface area (Å²) in [6, 6.07) is 7.41. The van der Waals surface area contributed by atoms with Crippen LogP contribution < -0.4 is 5.73 Å². The van der Waals surface area contributed by atoms with E-state index in [0.717, 1.165) is 17.8 Å². The fourth-order valence-corrected chi connectivity index (χ4v) is 1.87. The number of imidazole rings is 1. The molecule has 1 aromatic carbocycles. The van der Waals surface area contributed by atoms with Crippen molar-refractivity contribution >= 4 is 5.69 Å². The number of hydrogen-bond acceptors (Lipinski definition) is 3. The van der Waals surface area contributed by atoms with Crippen molar-refractivity contribution in [2.45, 2.75) is 18.9 Å². The Kier molecular flexibility index (Phi) is 3.44. The van der Waals surface area contributed by atoms with Gasteiger partial charge in [-0.15, -0.1) is 0 Å². The van der Waals surface area contributed by atoms with Gasteiger partial charge < -0.3 is 15.4 Å². The van der Waals surface area contributed by atoms with E-state index >= 15 is 0 Å². The standard InChI is InChI=1S/C13H17N3O/c1-16-9-8-15-13(16)7-6-12(17)10-4-2-3-5-11(10)14/h2-5,8-9,12,17H,6-7,14H2,1H3. The molecule has 0 bridgehead atoms. The van der Waals surface area contributed by atoms with Gasteiger partial charge in [-0.25, -0.2) is 4.98 Å². The zero-order chi connectivity index (χ0) is 12.3. The summed E-state index contributed by atoms with van der Waals surface area (Å²) in [6.45, 7) is 0. The van der Waals surface area contributed by atoms with E-state index in [2.05, 4.69) is 4.98 Å². The number of nitrogens with two attached hydrogens (primary N) is 1. The van der Waals surface area contributed by atoms with Crippen LogP contribution in [-0.4, -0.2) is 14.7 Å². The van der Waals surface area contributed by atoms with Crippen LogP contribution in [-0.2, 0) is 13.5 Å².